The number of fused-ring (bicyclic) bond motifs is 5. The van der Waals surface area contributed by atoms with Gasteiger partial charge < -0.3 is 4.57 Å². The summed E-state index contributed by atoms with van der Waals surface area (Å²) in [5.41, 5.74) is 13.1. The van der Waals surface area contributed by atoms with Gasteiger partial charge in [0.15, 0.2) is 0 Å². The van der Waals surface area contributed by atoms with Crippen LogP contribution >= 0.6 is 0 Å². The van der Waals surface area contributed by atoms with Gasteiger partial charge >= 0.3 is 0 Å². The van der Waals surface area contributed by atoms with Crippen LogP contribution in [0.5, 0.6) is 0 Å². The van der Waals surface area contributed by atoms with Gasteiger partial charge in [0.1, 0.15) is 5.82 Å². The molecule has 9 rings (SSSR count). The first-order chi connectivity index (χ1) is 21.1. The molecule has 43 heavy (non-hydrogen) atoms. The molecule has 6 aromatic carbocycles. The fourth-order valence-corrected chi connectivity index (χ4v) is 7.21. The van der Waals surface area contributed by atoms with E-state index in [1.165, 1.54) is 61.0 Å². The normalized spacial score (nSPS) is 13.5. The van der Waals surface area contributed by atoms with Crippen LogP contribution < -0.4 is 0 Å². The van der Waals surface area contributed by atoms with E-state index in [1.807, 2.05) is 0 Å². The van der Waals surface area contributed by atoms with E-state index in [0.29, 0.717) is 0 Å². The molecule has 2 aromatic heterocycles. The van der Waals surface area contributed by atoms with Crippen LogP contribution in [0.25, 0.3) is 66.7 Å². The summed E-state index contributed by atoms with van der Waals surface area (Å²) in [5.74, 6) is 0.989. The lowest BCUT2D eigenvalue weighted by atomic mass is 9.74. The monoisotopic (exact) mass is 551 g/mol. The third-order valence-electron chi connectivity index (χ3n) is 9.31. The summed E-state index contributed by atoms with van der Waals surface area (Å²) in [6, 6.07) is 50.4. The minimum atomic E-state index is -0.178. The summed E-state index contributed by atoms with van der Waals surface area (Å²) in [6.45, 7) is 4.69. The summed E-state index contributed by atoms with van der Waals surface area (Å²) in [6.07, 6.45) is 0. The van der Waals surface area contributed by atoms with E-state index in [9.17, 15) is 0 Å². The Kier molecular flexibility index (Phi) is 4.95. The maximum absolute atomic E-state index is 5.15. The fourth-order valence-electron chi connectivity index (χ4n) is 7.21. The molecule has 204 valence electrons. The molecule has 0 spiro atoms. The lowest BCUT2D eigenvalue weighted by molar-refractivity contribution is 0.629. The topological polar surface area (TPSA) is 22.8 Å². The molecule has 0 radical (unpaired) electrons. The van der Waals surface area contributed by atoms with Crippen LogP contribution in [0.2, 0.25) is 0 Å². The summed E-state index contributed by atoms with van der Waals surface area (Å²) >= 11 is 0. The van der Waals surface area contributed by atoms with Crippen molar-refractivity contribution in [3.8, 4) is 33.9 Å². The first-order valence-electron chi connectivity index (χ1n) is 14.9. The van der Waals surface area contributed by atoms with Crippen LogP contribution in [-0.2, 0) is 5.41 Å². The minimum absolute atomic E-state index is 0.178. The van der Waals surface area contributed by atoms with Gasteiger partial charge in [-0.05, 0) is 70.8 Å². The van der Waals surface area contributed by atoms with Crippen LogP contribution in [0.1, 0.15) is 25.0 Å². The third-order valence-corrected chi connectivity index (χ3v) is 9.31. The Balaban J connectivity index is 1.27. The summed E-state index contributed by atoms with van der Waals surface area (Å²) in [4.78, 5) is 5.15. The minimum Gasteiger partial charge on any atom is -0.309 e. The standard InChI is InChI=1S/C40H29N3/c1-40(2)32-17-11-18-34-38(32)43(39(41-34)26-12-5-3-6-13-26)37-23-21-28(25-33(37)40)27-20-22-36-31(24-27)30-16-9-10-19-35(30)42(36)29-14-7-4-8-15-29/h3-25H,1-2H3. The van der Waals surface area contributed by atoms with E-state index in [0.717, 1.165) is 16.9 Å². The van der Waals surface area contributed by atoms with E-state index in [1.54, 1.807) is 0 Å². The Bertz CT molecular complexity index is 2360. The van der Waals surface area contributed by atoms with Crippen LogP contribution in [0.15, 0.2) is 140 Å². The predicted molar refractivity (Wildman–Crippen MR) is 178 cm³/mol. The summed E-state index contributed by atoms with van der Waals surface area (Å²) in [5, 5.41) is 2.53. The van der Waals surface area contributed by atoms with Gasteiger partial charge in [-0.15, -0.1) is 0 Å². The van der Waals surface area contributed by atoms with Gasteiger partial charge in [0.05, 0.1) is 27.8 Å². The SMILES string of the molecule is CC1(C)c2cc(-c3ccc4c(c3)c3ccccc3n4-c3ccccc3)ccc2-n2c(-c3ccccc3)nc3cccc1c32. The molecule has 0 saturated heterocycles. The fraction of sp³-hybridized carbons (Fsp3) is 0.0750. The number of hydrogen-bond donors (Lipinski definition) is 0. The van der Waals surface area contributed by atoms with E-state index < -0.39 is 0 Å². The molecule has 1 aliphatic heterocycles. The molecule has 0 aliphatic carbocycles. The Morgan fingerprint density at radius 2 is 1.21 bits per heavy atom. The van der Waals surface area contributed by atoms with Gasteiger partial charge in [0, 0.05) is 27.4 Å². The molecule has 0 saturated carbocycles. The van der Waals surface area contributed by atoms with Crippen molar-refractivity contribution in [1.29, 1.82) is 0 Å². The highest BCUT2D eigenvalue weighted by Gasteiger charge is 2.36. The molecular weight excluding hydrogens is 522 g/mol. The molecule has 0 unspecified atom stereocenters. The number of aromatic nitrogens is 3. The molecule has 3 nitrogen and oxygen atoms in total. The average molecular weight is 552 g/mol. The number of nitrogens with zero attached hydrogens (tertiary/aromatic N) is 3. The lowest BCUT2D eigenvalue weighted by Gasteiger charge is -2.35. The van der Waals surface area contributed by atoms with Crippen LogP contribution in [0.4, 0.5) is 0 Å². The van der Waals surface area contributed by atoms with Gasteiger partial charge in [-0.3, -0.25) is 4.57 Å². The Hall–Kier alpha value is -5.41. The van der Waals surface area contributed by atoms with Crippen LogP contribution in [0.3, 0.4) is 0 Å². The summed E-state index contributed by atoms with van der Waals surface area (Å²) in [7, 11) is 0. The molecule has 1 aliphatic rings. The molecule has 0 fully saturated rings. The second-order valence-electron chi connectivity index (χ2n) is 12.1. The highest BCUT2D eigenvalue weighted by Crippen LogP contribution is 2.47. The lowest BCUT2D eigenvalue weighted by Crippen LogP contribution is -2.26. The van der Waals surface area contributed by atoms with Crippen molar-refractivity contribution in [3.63, 3.8) is 0 Å². The Labute approximate surface area is 250 Å². The van der Waals surface area contributed by atoms with Crippen molar-refractivity contribution in [1.82, 2.24) is 14.1 Å². The second kappa shape index (κ2) is 8.80. The van der Waals surface area contributed by atoms with Crippen molar-refractivity contribution in [2.24, 2.45) is 0 Å². The van der Waals surface area contributed by atoms with E-state index in [4.69, 9.17) is 4.98 Å². The van der Waals surface area contributed by atoms with E-state index in [2.05, 4.69) is 163 Å². The first-order valence-corrected chi connectivity index (χ1v) is 14.9. The molecule has 3 heterocycles. The second-order valence-corrected chi connectivity index (χ2v) is 12.1. The van der Waals surface area contributed by atoms with E-state index in [-0.39, 0.29) is 5.41 Å². The van der Waals surface area contributed by atoms with Gasteiger partial charge in [0.2, 0.25) is 0 Å². The third kappa shape index (κ3) is 3.39. The Morgan fingerprint density at radius 3 is 2.05 bits per heavy atom. The summed E-state index contributed by atoms with van der Waals surface area (Å²) < 4.78 is 4.75. The number of hydrogen-bond acceptors (Lipinski definition) is 1. The van der Waals surface area contributed by atoms with Crippen molar-refractivity contribution in [3.05, 3.63) is 151 Å². The van der Waals surface area contributed by atoms with Crippen molar-refractivity contribution in [2.75, 3.05) is 0 Å². The predicted octanol–water partition coefficient (Wildman–Crippen LogP) is 10.1. The van der Waals surface area contributed by atoms with Crippen molar-refractivity contribution in [2.45, 2.75) is 19.3 Å². The molecule has 0 N–H and O–H groups in total. The van der Waals surface area contributed by atoms with Crippen LogP contribution in [-0.4, -0.2) is 14.1 Å². The van der Waals surface area contributed by atoms with Gasteiger partial charge in [0.25, 0.3) is 0 Å². The molecule has 8 aromatic rings. The molecule has 0 atom stereocenters. The largest absolute Gasteiger partial charge is 0.309 e. The van der Waals surface area contributed by atoms with Crippen molar-refractivity contribution >= 4 is 32.8 Å². The van der Waals surface area contributed by atoms with Gasteiger partial charge in [-0.1, -0.05) is 105 Å². The van der Waals surface area contributed by atoms with Crippen molar-refractivity contribution < 1.29 is 0 Å². The zero-order valence-corrected chi connectivity index (χ0v) is 24.1. The molecule has 0 bridgehead atoms. The molecular formula is C40H29N3. The number of imidazole rings is 1. The first kappa shape index (κ1) is 24.2. The quantitative estimate of drug-likeness (QED) is 0.214. The smallest absolute Gasteiger partial charge is 0.145 e. The molecule has 0 amide bonds. The van der Waals surface area contributed by atoms with Gasteiger partial charge in [-0.25, -0.2) is 4.98 Å². The zero-order chi connectivity index (χ0) is 28.7. The van der Waals surface area contributed by atoms with Crippen LogP contribution in [0, 0.1) is 0 Å². The highest BCUT2D eigenvalue weighted by atomic mass is 15.1. The number of benzene rings is 6. The van der Waals surface area contributed by atoms with E-state index >= 15 is 0 Å². The zero-order valence-electron chi connectivity index (χ0n) is 24.1. The highest BCUT2D eigenvalue weighted by molar-refractivity contribution is 6.10. The number of rotatable bonds is 3. The molecule has 3 heteroatoms. The maximum Gasteiger partial charge on any atom is 0.145 e. The average Bonchev–Trinajstić information content (AvgIpc) is 3.61. The maximum atomic E-state index is 5.15. The number of para-hydroxylation sites is 3. The van der Waals surface area contributed by atoms with Gasteiger partial charge in [-0.2, -0.15) is 0 Å². The Morgan fingerprint density at radius 1 is 0.512 bits per heavy atom.